The maximum atomic E-state index is 12.9. The molecule has 0 aliphatic carbocycles. The Morgan fingerprint density at radius 3 is 2.41 bits per heavy atom. The van der Waals surface area contributed by atoms with Crippen LogP contribution < -0.4 is 16.4 Å². The molecule has 0 atom stereocenters. The third-order valence-corrected chi connectivity index (χ3v) is 2.46. The van der Waals surface area contributed by atoms with E-state index in [1.54, 1.807) is 20.8 Å². The van der Waals surface area contributed by atoms with E-state index < -0.39 is 23.4 Å². The molecule has 0 bridgehead atoms. The summed E-state index contributed by atoms with van der Waals surface area (Å²) in [5, 5.41) is 5.07. The van der Waals surface area contributed by atoms with Gasteiger partial charge in [0.15, 0.2) is 0 Å². The van der Waals surface area contributed by atoms with Crippen molar-refractivity contribution in [2.75, 3.05) is 24.1 Å². The molecular weight excluding hydrogens is 299 g/mol. The van der Waals surface area contributed by atoms with E-state index in [2.05, 4.69) is 10.6 Å². The van der Waals surface area contributed by atoms with Crippen molar-refractivity contribution in [3.63, 3.8) is 0 Å². The summed E-state index contributed by atoms with van der Waals surface area (Å²) in [7, 11) is 0. The number of nitrogens with two attached hydrogens (primary N) is 1. The van der Waals surface area contributed by atoms with Crippen LogP contribution in [0.25, 0.3) is 0 Å². The van der Waals surface area contributed by atoms with Crippen molar-refractivity contribution < 1.29 is 22.7 Å². The first-order valence-electron chi connectivity index (χ1n) is 6.66. The molecule has 0 heterocycles. The maximum Gasteiger partial charge on any atom is 0.418 e. The molecule has 8 heteroatoms. The van der Waals surface area contributed by atoms with Gasteiger partial charge in [0.25, 0.3) is 0 Å². The van der Waals surface area contributed by atoms with Gasteiger partial charge in [0.1, 0.15) is 5.60 Å². The van der Waals surface area contributed by atoms with E-state index in [1.807, 2.05) is 0 Å². The third kappa shape index (κ3) is 6.11. The number of alkyl carbamates (subject to hydrolysis) is 1. The Bertz CT molecular complexity index is 525. The van der Waals surface area contributed by atoms with Crippen LogP contribution in [0.2, 0.25) is 0 Å². The molecule has 1 aromatic rings. The van der Waals surface area contributed by atoms with Crippen LogP contribution in [0.1, 0.15) is 26.3 Å². The second-order valence-corrected chi connectivity index (χ2v) is 5.66. The lowest BCUT2D eigenvalue weighted by molar-refractivity contribution is -0.136. The van der Waals surface area contributed by atoms with Gasteiger partial charge in [-0.15, -0.1) is 0 Å². The molecule has 4 N–H and O–H groups in total. The number of hydrogen-bond acceptors (Lipinski definition) is 4. The van der Waals surface area contributed by atoms with Gasteiger partial charge in [0.05, 0.1) is 5.56 Å². The van der Waals surface area contributed by atoms with Gasteiger partial charge in [-0.1, -0.05) is 0 Å². The molecule has 0 saturated carbocycles. The summed E-state index contributed by atoms with van der Waals surface area (Å²) in [6.07, 6.45) is -5.13. The van der Waals surface area contributed by atoms with Gasteiger partial charge in [-0.2, -0.15) is 13.2 Å². The fraction of sp³-hybridized carbons (Fsp3) is 0.500. The molecule has 0 unspecified atom stereocenters. The summed E-state index contributed by atoms with van der Waals surface area (Å²) in [6.45, 7) is 5.39. The highest BCUT2D eigenvalue weighted by Crippen LogP contribution is 2.35. The topological polar surface area (TPSA) is 76.4 Å². The number of anilines is 2. The van der Waals surface area contributed by atoms with Crippen LogP contribution in [-0.2, 0) is 10.9 Å². The van der Waals surface area contributed by atoms with Crippen LogP contribution in [-0.4, -0.2) is 24.8 Å². The van der Waals surface area contributed by atoms with Gasteiger partial charge in [0.2, 0.25) is 0 Å². The quantitative estimate of drug-likeness (QED) is 0.588. The van der Waals surface area contributed by atoms with E-state index in [1.165, 1.54) is 12.1 Å². The first-order chi connectivity index (χ1) is 9.99. The van der Waals surface area contributed by atoms with Gasteiger partial charge in [-0.25, -0.2) is 4.79 Å². The highest BCUT2D eigenvalue weighted by atomic mass is 19.4. The van der Waals surface area contributed by atoms with E-state index in [-0.39, 0.29) is 24.5 Å². The van der Waals surface area contributed by atoms with Gasteiger partial charge in [-0.05, 0) is 39.0 Å². The Hall–Kier alpha value is -2.12. The molecule has 1 amide bonds. The number of benzene rings is 1. The summed E-state index contributed by atoms with van der Waals surface area (Å²) < 4.78 is 43.6. The van der Waals surface area contributed by atoms with E-state index in [4.69, 9.17) is 10.5 Å². The molecule has 0 aromatic heterocycles. The minimum Gasteiger partial charge on any atom is -0.444 e. The van der Waals surface area contributed by atoms with Crippen molar-refractivity contribution in [1.82, 2.24) is 5.32 Å². The van der Waals surface area contributed by atoms with E-state index in [9.17, 15) is 18.0 Å². The van der Waals surface area contributed by atoms with Crippen molar-refractivity contribution in [3.05, 3.63) is 23.8 Å². The summed E-state index contributed by atoms with van der Waals surface area (Å²) in [5.41, 5.74) is 3.85. The van der Waals surface area contributed by atoms with Crippen LogP contribution in [0.4, 0.5) is 29.3 Å². The number of nitrogens with one attached hydrogen (secondary N) is 2. The number of amides is 1. The molecule has 124 valence electrons. The first-order valence-corrected chi connectivity index (χ1v) is 6.66. The van der Waals surface area contributed by atoms with E-state index in [0.717, 1.165) is 6.07 Å². The van der Waals surface area contributed by atoms with Gasteiger partial charge in [0, 0.05) is 24.5 Å². The summed E-state index contributed by atoms with van der Waals surface area (Å²) >= 11 is 0. The zero-order valence-corrected chi connectivity index (χ0v) is 12.7. The van der Waals surface area contributed by atoms with Crippen LogP contribution in [0, 0.1) is 0 Å². The van der Waals surface area contributed by atoms with Crippen molar-refractivity contribution in [2.24, 2.45) is 0 Å². The molecule has 0 saturated heterocycles. The lowest BCUT2D eigenvalue weighted by atomic mass is 10.1. The smallest absolute Gasteiger partial charge is 0.418 e. The van der Waals surface area contributed by atoms with Crippen LogP contribution in [0.15, 0.2) is 18.2 Å². The zero-order chi connectivity index (χ0) is 17.0. The Labute approximate surface area is 127 Å². The van der Waals surface area contributed by atoms with Crippen molar-refractivity contribution in [1.29, 1.82) is 0 Å². The van der Waals surface area contributed by atoms with Crippen LogP contribution in [0.5, 0.6) is 0 Å². The van der Waals surface area contributed by atoms with E-state index >= 15 is 0 Å². The molecule has 0 radical (unpaired) electrons. The lowest BCUT2D eigenvalue weighted by Gasteiger charge is -2.20. The molecular formula is C14H20F3N3O2. The molecule has 22 heavy (non-hydrogen) atoms. The monoisotopic (exact) mass is 319 g/mol. The molecule has 0 fully saturated rings. The average Bonchev–Trinajstić information content (AvgIpc) is 2.32. The van der Waals surface area contributed by atoms with Crippen LogP contribution in [0.3, 0.4) is 0 Å². The highest BCUT2D eigenvalue weighted by molar-refractivity contribution is 5.67. The van der Waals surface area contributed by atoms with Crippen LogP contribution >= 0.6 is 0 Å². The Kier molecular flexibility index (Phi) is 5.51. The maximum absolute atomic E-state index is 12.9. The normalized spacial score (nSPS) is 11.9. The van der Waals surface area contributed by atoms with Gasteiger partial charge < -0.3 is 21.1 Å². The summed E-state index contributed by atoms with van der Waals surface area (Å²) in [6, 6.07) is 3.49. The summed E-state index contributed by atoms with van der Waals surface area (Å²) in [4.78, 5) is 11.4. The third-order valence-electron chi connectivity index (χ3n) is 2.46. The predicted molar refractivity (Wildman–Crippen MR) is 78.6 cm³/mol. The SMILES string of the molecule is CC(C)(C)OC(=O)NCCNc1ccc(N)cc1C(F)(F)F. The van der Waals surface area contributed by atoms with Crippen molar-refractivity contribution in [2.45, 2.75) is 32.5 Å². The number of carbonyl (C=O) groups is 1. The fourth-order valence-corrected chi connectivity index (χ4v) is 1.63. The number of carbonyl (C=O) groups excluding carboxylic acids is 1. The zero-order valence-electron chi connectivity index (χ0n) is 12.7. The lowest BCUT2D eigenvalue weighted by Crippen LogP contribution is -2.35. The molecule has 0 spiro atoms. The highest BCUT2D eigenvalue weighted by Gasteiger charge is 2.33. The fourth-order valence-electron chi connectivity index (χ4n) is 1.63. The number of ether oxygens (including phenoxy) is 1. The Morgan fingerprint density at radius 1 is 1.23 bits per heavy atom. The Balaban J connectivity index is 2.54. The van der Waals surface area contributed by atoms with E-state index in [0.29, 0.717) is 0 Å². The second-order valence-electron chi connectivity index (χ2n) is 5.66. The summed E-state index contributed by atoms with van der Waals surface area (Å²) in [5.74, 6) is 0. The van der Waals surface area contributed by atoms with Crippen molar-refractivity contribution in [3.8, 4) is 0 Å². The number of nitrogen functional groups attached to an aromatic ring is 1. The number of hydrogen-bond donors (Lipinski definition) is 3. The minimum absolute atomic E-state index is 0.0322. The largest absolute Gasteiger partial charge is 0.444 e. The number of halogens is 3. The molecule has 1 rings (SSSR count). The standard InChI is InChI=1S/C14H20F3N3O2/c1-13(2,3)22-12(21)20-7-6-19-11-5-4-9(18)8-10(11)14(15,16)17/h4-5,8,19H,6-7,18H2,1-3H3,(H,20,21). The van der Waals surface area contributed by atoms with Crippen molar-refractivity contribution >= 4 is 17.5 Å². The Morgan fingerprint density at radius 2 is 1.86 bits per heavy atom. The minimum atomic E-state index is -4.50. The molecule has 5 nitrogen and oxygen atoms in total. The average molecular weight is 319 g/mol. The predicted octanol–water partition coefficient (Wildman–Crippen LogP) is 3.22. The van der Waals surface area contributed by atoms with Gasteiger partial charge in [-0.3, -0.25) is 0 Å². The molecule has 0 aliphatic rings. The van der Waals surface area contributed by atoms with Gasteiger partial charge >= 0.3 is 12.3 Å². The second kappa shape index (κ2) is 6.76. The molecule has 1 aromatic carbocycles. The number of rotatable bonds is 4. The first kappa shape index (κ1) is 17.9. The molecule has 0 aliphatic heterocycles. The number of alkyl halides is 3.